The van der Waals surface area contributed by atoms with Crippen LogP contribution in [0.4, 0.5) is 0 Å². The molecular weight excluding hydrogens is 462 g/mol. The molecule has 4 heterocycles. The molecule has 0 aliphatic carbocycles. The van der Waals surface area contributed by atoms with E-state index in [1.807, 2.05) is 18.2 Å². The van der Waals surface area contributed by atoms with E-state index in [4.69, 9.17) is 30.8 Å². The molecule has 0 bridgehead atoms. The molecule has 35 heavy (non-hydrogen) atoms. The molecule has 1 N–H and O–H groups in total. The van der Waals surface area contributed by atoms with Crippen LogP contribution in [-0.4, -0.2) is 46.5 Å². The van der Waals surface area contributed by atoms with Gasteiger partial charge in [0.05, 0.1) is 28.9 Å². The zero-order chi connectivity index (χ0) is 23.4. The third kappa shape index (κ3) is 3.74. The second kappa shape index (κ2) is 8.34. The second-order valence-electron chi connectivity index (χ2n) is 9.02. The van der Waals surface area contributed by atoms with Gasteiger partial charge in [0.2, 0.25) is 0 Å². The predicted molar refractivity (Wildman–Crippen MR) is 136 cm³/mol. The van der Waals surface area contributed by atoms with E-state index in [1.165, 1.54) is 16.3 Å². The molecule has 2 saturated heterocycles. The van der Waals surface area contributed by atoms with Crippen LogP contribution in [-0.2, 0) is 9.47 Å². The molecule has 0 amide bonds. The molecule has 2 fully saturated rings. The highest BCUT2D eigenvalue weighted by Crippen LogP contribution is 2.33. The Kier molecular flexibility index (Phi) is 4.98. The molecule has 3 aromatic carbocycles. The van der Waals surface area contributed by atoms with Crippen molar-refractivity contribution in [2.45, 2.75) is 24.7 Å². The van der Waals surface area contributed by atoms with E-state index >= 15 is 0 Å². The van der Waals surface area contributed by atoms with E-state index in [2.05, 4.69) is 64.6 Å². The van der Waals surface area contributed by atoms with Gasteiger partial charge in [0.15, 0.2) is 11.8 Å². The van der Waals surface area contributed by atoms with Gasteiger partial charge >= 0.3 is 0 Å². The Balaban J connectivity index is 1.16. The number of H-pyrrole nitrogens is 1. The maximum Gasteiger partial charge on any atom is 0.296 e. The number of halogens is 1. The van der Waals surface area contributed by atoms with Crippen LogP contribution in [0.3, 0.4) is 0 Å². The molecular formula is C28H22ClN3O3. The lowest BCUT2D eigenvalue weighted by Gasteiger charge is -2.15. The lowest BCUT2D eigenvalue weighted by Crippen LogP contribution is -2.32. The smallest absolute Gasteiger partial charge is 0.296 e. The van der Waals surface area contributed by atoms with Gasteiger partial charge < -0.3 is 19.2 Å². The summed E-state index contributed by atoms with van der Waals surface area (Å²) < 4.78 is 17.6. The minimum atomic E-state index is -0.180. The highest BCUT2D eigenvalue weighted by molar-refractivity contribution is 6.33. The van der Waals surface area contributed by atoms with Crippen molar-refractivity contribution in [2.75, 3.05) is 13.2 Å². The van der Waals surface area contributed by atoms with E-state index in [9.17, 15) is 0 Å². The average molecular weight is 484 g/mol. The fourth-order valence-corrected chi connectivity index (χ4v) is 5.28. The van der Waals surface area contributed by atoms with Crippen LogP contribution in [0.25, 0.3) is 44.3 Å². The molecule has 3 atom stereocenters. The van der Waals surface area contributed by atoms with Crippen molar-refractivity contribution in [1.82, 2.24) is 15.0 Å². The van der Waals surface area contributed by atoms with E-state index in [1.54, 1.807) is 0 Å². The summed E-state index contributed by atoms with van der Waals surface area (Å²) >= 11 is 6.62. The normalized spacial score (nSPS) is 21.6. The molecule has 174 valence electrons. The van der Waals surface area contributed by atoms with Gasteiger partial charge in [-0.25, -0.2) is 4.98 Å². The Morgan fingerprint density at radius 1 is 0.857 bits per heavy atom. The molecule has 5 aromatic rings. The lowest BCUT2D eigenvalue weighted by atomic mass is 9.99. The number of benzene rings is 3. The molecule has 2 aliphatic rings. The van der Waals surface area contributed by atoms with E-state index in [0.29, 0.717) is 35.6 Å². The fourth-order valence-electron chi connectivity index (χ4n) is 5.02. The number of rotatable bonds is 4. The van der Waals surface area contributed by atoms with Crippen molar-refractivity contribution < 1.29 is 14.2 Å². The van der Waals surface area contributed by atoms with Crippen molar-refractivity contribution >= 4 is 33.5 Å². The first-order valence-corrected chi connectivity index (χ1v) is 12.1. The second-order valence-corrected chi connectivity index (χ2v) is 9.43. The molecule has 0 radical (unpaired) electrons. The zero-order valence-electron chi connectivity index (χ0n) is 18.8. The third-order valence-electron chi connectivity index (χ3n) is 6.83. The summed E-state index contributed by atoms with van der Waals surface area (Å²) in [6.07, 6.45) is 0.795. The Hall–Kier alpha value is -3.45. The summed E-state index contributed by atoms with van der Waals surface area (Å²) in [5.41, 5.74) is 5.20. The van der Waals surface area contributed by atoms with Crippen LogP contribution in [0, 0.1) is 0 Å². The number of aromatic amines is 1. The fraction of sp³-hybridized carbons (Fsp3) is 0.214. The Labute approximate surface area is 206 Å². The van der Waals surface area contributed by atoms with Crippen molar-refractivity contribution in [1.29, 1.82) is 0 Å². The number of ether oxygens (including phenoxy) is 3. The third-order valence-corrected chi connectivity index (χ3v) is 7.12. The standard InChI is InChI=1S/C28H22ClN3O3/c29-21-14-22-27(32-28(30-22)35-24-15-34-23-11-12-33-26(23)24)31-25(21)18-8-5-17(6-9-18)20-10-7-16-3-1-2-4-19(16)13-20/h1-10,13-14,23-24,26H,11-12,15H2,(H,30,31,32)/t23-,24?,26+/m1/s1. The quantitative estimate of drug-likeness (QED) is 0.338. The van der Waals surface area contributed by atoms with Gasteiger partial charge in [-0.1, -0.05) is 72.3 Å². The van der Waals surface area contributed by atoms with Gasteiger partial charge in [-0.2, -0.15) is 4.98 Å². The summed E-state index contributed by atoms with van der Waals surface area (Å²) in [5, 5.41) is 3.00. The van der Waals surface area contributed by atoms with Gasteiger partial charge in [-0.15, -0.1) is 0 Å². The van der Waals surface area contributed by atoms with E-state index < -0.39 is 0 Å². The first-order valence-electron chi connectivity index (χ1n) is 11.8. The minimum absolute atomic E-state index is 0.0450. The van der Waals surface area contributed by atoms with Crippen LogP contribution >= 0.6 is 11.6 Å². The van der Waals surface area contributed by atoms with Crippen molar-refractivity contribution in [3.8, 4) is 28.4 Å². The number of fused-ring (bicyclic) bond motifs is 3. The number of hydrogen-bond donors (Lipinski definition) is 1. The number of aromatic nitrogens is 3. The van der Waals surface area contributed by atoms with E-state index in [-0.39, 0.29) is 18.3 Å². The van der Waals surface area contributed by atoms with Gasteiger partial charge in [-0.3, -0.25) is 0 Å². The number of nitrogens with zero attached hydrogens (tertiary/aromatic N) is 2. The van der Waals surface area contributed by atoms with E-state index in [0.717, 1.165) is 23.1 Å². The van der Waals surface area contributed by atoms with Crippen molar-refractivity contribution in [3.05, 3.63) is 77.8 Å². The largest absolute Gasteiger partial charge is 0.456 e. The lowest BCUT2D eigenvalue weighted by molar-refractivity contribution is 0.0273. The summed E-state index contributed by atoms with van der Waals surface area (Å²) in [6.45, 7) is 1.20. The first kappa shape index (κ1) is 20.9. The van der Waals surface area contributed by atoms with Crippen LogP contribution < -0.4 is 4.74 Å². The van der Waals surface area contributed by atoms with Gasteiger partial charge in [0.25, 0.3) is 6.01 Å². The van der Waals surface area contributed by atoms with Crippen molar-refractivity contribution in [2.24, 2.45) is 0 Å². The molecule has 6 nitrogen and oxygen atoms in total. The molecule has 0 saturated carbocycles. The maximum atomic E-state index is 6.62. The van der Waals surface area contributed by atoms with Gasteiger partial charge in [-0.05, 0) is 40.5 Å². The SMILES string of the molecule is Clc1cc2[nH]c(OC3CO[C@@H]4CCO[C@H]34)nc2nc1-c1ccc(-c2ccc3ccccc3c2)cc1. The highest BCUT2D eigenvalue weighted by Gasteiger charge is 2.43. The Morgan fingerprint density at radius 3 is 2.54 bits per heavy atom. The number of hydrogen-bond acceptors (Lipinski definition) is 5. The minimum Gasteiger partial charge on any atom is -0.456 e. The molecule has 7 heteroatoms. The summed E-state index contributed by atoms with van der Waals surface area (Å²) in [5.74, 6) is 0. The number of pyridine rings is 1. The van der Waals surface area contributed by atoms with Gasteiger partial charge in [0, 0.05) is 12.2 Å². The average Bonchev–Trinajstić information content (AvgIpc) is 3.60. The highest BCUT2D eigenvalue weighted by atomic mass is 35.5. The van der Waals surface area contributed by atoms with Crippen LogP contribution in [0.15, 0.2) is 72.8 Å². The van der Waals surface area contributed by atoms with Crippen LogP contribution in [0.2, 0.25) is 5.02 Å². The molecule has 2 aromatic heterocycles. The predicted octanol–water partition coefficient (Wildman–Crippen LogP) is 6.03. The number of imidazole rings is 1. The van der Waals surface area contributed by atoms with Crippen molar-refractivity contribution in [3.63, 3.8) is 0 Å². The van der Waals surface area contributed by atoms with Crippen LogP contribution in [0.5, 0.6) is 6.01 Å². The zero-order valence-corrected chi connectivity index (χ0v) is 19.5. The van der Waals surface area contributed by atoms with Crippen LogP contribution in [0.1, 0.15) is 6.42 Å². The molecule has 0 spiro atoms. The first-order chi connectivity index (χ1) is 17.2. The Bertz CT molecular complexity index is 1550. The summed E-state index contributed by atoms with van der Waals surface area (Å²) in [6, 6.07) is 25.4. The molecule has 7 rings (SSSR count). The monoisotopic (exact) mass is 483 g/mol. The Morgan fingerprint density at radius 2 is 1.66 bits per heavy atom. The maximum absolute atomic E-state index is 6.62. The topological polar surface area (TPSA) is 69.3 Å². The summed E-state index contributed by atoms with van der Waals surface area (Å²) in [7, 11) is 0. The summed E-state index contributed by atoms with van der Waals surface area (Å²) in [4.78, 5) is 12.5. The molecule has 2 aliphatic heterocycles. The molecule has 1 unspecified atom stereocenters. The number of nitrogens with one attached hydrogen (secondary N) is 1. The van der Waals surface area contributed by atoms with Gasteiger partial charge in [0.1, 0.15) is 6.10 Å².